The molecule has 0 radical (unpaired) electrons. The van der Waals surface area contributed by atoms with Gasteiger partial charge in [0, 0.05) is 0 Å². The Labute approximate surface area is 116 Å². The first-order chi connectivity index (χ1) is 8.77. The third kappa shape index (κ3) is 2.19. The topological polar surface area (TPSA) is 0 Å². The maximum atomic E-state index is 13.5. The average molecular weight is 445 g/mol. The van der Waals surface area contributed by atoms with E-state index < -0.39 is 69.7 Å². The van der Waals surface area contributed by atoms with Gasteiger partial charge in [-0.15, -0.1) is 0 Å². The molecule has 0 aromatic carbocycles. The van der Waals surface area contributed by atoms with E-state index in [1.165, 1.54) is 13.8 Å². The molecule has 0 saturated heterocycles. The molecule has 0 bridgehead atoms. The van der Waals surface area contributed by atoms with Crippen molar-refractivity contribution in [3.63, 3.8) is 0 Å². The van der Waals surface area contributed by atoms with Crippen molar-refractivity contribution in [1.82, 2.24) is 0 Å². The Balaban J connectivity index is 2.32. The molecule has 0 spiro atoms. The summed E-state index contributed by atoms with van der Waals surface area (Å²) in [5.74, 6) is -10.5. The van der Waals surface area contributed by atoms with E-state index in [4.69, 9.17) is 0 Å². The first-order valence-electron chi connectivity index (χ1n) is 5.44. The minimum atomic E-state index is -2.57. The molecule has 0 amide bonds. The van der Waals surface area contributed by atoms with Crippen LogP contribution in [0.15, 0.2) is 41.6 Å². The predicted octanol–water partition coefficient (Wildman–Crippen LogP) is 5.03. The van der Waals surface area contributed by atoms with Gasteiger partial charge in [0.1, 0.15) is 0 Å². The molecule has 0 aromatic rings. The van der Waals surface area contributed by atoms with Gasteiger partial charge in [-0.05, 0) is 0 Å². The molecule has 0 saturated carbocycles. The summed E-state index contributed by atoms with van der Waals surface area (Å²) in [6, 6.07) is 0. The van der Waals surface area contributed by atoms with Crippen molar-refractivity contribution in [3.05, 3.63) is 41.6 Å². The van der Waals surface area contributed by atoms with Crippen molar-refractivity contribution in [2.45, 2.75) is 13.8 Å². The second-order valence-corrected chi connectivity index (χ2v) is 9.12. The maximum absolute atomic E-state index is 13.5. The van der Waals surface area contributed by atoms with Gasteiger partial charge in [0.15, 0.2) is 0 Å². The molecule has 19 heavy (non-hydrogen) atoms. The number of allylic oxidation sites excluding steroid dienone is 8. The van der Waals surface area contributed by atoms with E-state index in [1.54, 1.807) is 0 Å². The first kappa shape index (κ1) is 14.8. The van der Waals surface area contributed by atoms with Crippen LogP contribution >= 0.6 is 0 Å². The summed E-state index contributed by atoms with van der Waals surface area (Å²) in [5.41, 5.74) is 0. The van der Waals surface area contributed by atoms with Crippen LogP contribution in [-0.4, -0.2) is 0 Å². The molecule has 0 aliphatic heterocycles. The van der Waals surface area contributed by atoms with Crippen molar-refractivity contribution in [3.8, 4) is 0 Å². The normalized spacial score (nSPS) is 28.2. The summed E-state index contributed by atoms with van der Waals surface area (Å²) in [6.07, 6.45) is 0. The molecule has 0 nitrogen and oxygen atoms in total. The summed E-state index contributed by atoms with van der Waals surface area (Å²) in [6.45, 7) is 2.50. The minimum absolute atomic E-state index is 0.144. The van der Waals surface area contributed by atoms with Crippen molar-refractivity contribution < 1.29 is 49.2 Å². The molecule has 2 aliphatic carbocycles. The van der Waals surface area contributed by atoms with Crippen LogP contribution in [0.25, 0.3) is 0 Å². The zero-order valence-corrected chi connectivity index (χ0v) is 13.5. The molecule has 0 N–H and O–H groups in total. The van der Waals surface area contributed by atoms with E-state index >= 15 is 0 Å². The molecule has 2 rings (SSSR count). The van der Waals surface area contributed by atoms with Crippen LogP contribution in [0.5, 0.6) is 0 Å². The van der Waals surface area contributed by atoms with E-state index in [0.717, 1.165) is 0 Å². The van der Waals surface area contributed by atoms with Gasteiger partial charge in [-0.2, -0.15) is 0 Å². The quantitative estimate of drug-likeness (QED) is 0.414. The summed E-state index contributed by atoms with van der Waals surface area (Å²) in [5, 5.41) is 0. The molecule has 7 heteroatoms. The Kier molecular flexibility index (Phi) is 3.95. The molecule has 0 aromatic heterocycles. The van der Waals surface area contributed by atoms with E-state index in [1.807, 2.05) is 0 Å². The Hall–Kier alpha value is -0.590. The standard InChI is InChI=1S/2C6H4F3.Hf/c2*1-3-2-4(7)6(9)5(3)8;/h2*3H,1H3;. The third-order valence-electron chi connectivity index (χ3n) is 3.17. The van der Waals surface area contributed by atoms with Crippen LogP contribution in [0.3, 0.4) is 0 Å². The Morgan fingerprint density at radius 3 is 1.16 bits per heavy atom. The van der Waals surface area contributed by atoms with Crippen molar-refractivity contribution in [2.75, 3.05) is 0 Å². The van der Waals surface area contributed by atoms with Crippen LogP contribution < -0.4 is 0 Å². The molecular formula is C12H8F6Hf. The fraction of sp³-hybridized carbons (Fsp3) is 0.333. The van der Waals surface area contributed by atoms with E-state index in [2.05, 4.69) is 0 Å². The molecule has 0 fully saturated rings. The van der Waals surface area contributed by atoms with Gasteiger partial charge < -0.3 is 0 Å². The number of hydrogen-bond acceptors (Lipinski definition) is 0. The fourth-order valence-electron chi connectivity index (χ4n) is 1.93. The van der Waals surface area contributed by atoms with E-state index in [0.29, 0.717) is 0 Å². The third-order valence-corrected chi connectivity index (χ3v) is 9.80. The number of halogens is 6. The molecule has 2 aliphatic rings. The van der Waals surface area contributed by atoms with Crippen LogP contribution in [-0.2, 0) is 22.9 Å². The van der Waals surface area contributed by atoms with Gasteiger partial charge in [0.25, 0.3) is 0 Å². The fourth-order valence-corrected chi connectivity index (χ4v) is 7.02. The van der Waals surface area contributed by atoms with Gasteiger partial charge in [-0.25, -0.2) is 0 Å². The first-order valence-corrected chi connectivity index (χ1v) is 9.04. The zero-order chi connectivity index (χ0) is 14.5. The van der Waals surface area contributed by atoms with E-state index in [-0.39, 0.29) is 6.66 Å². The predicted molar refractivity (Wildman–Crippen MR) is 53.1 cm³/mol. The molecular weight excluding hydrogens is 437 g/mol. The van der Waals surface area contributed by atoms with Crippen LogP contribution in [0.2, 0.25) is 0 Å². The summed E-state index contributed by atoms with van der Waals surface area (Å²) in [7, 11) is 0. The van der Waals surface area contributed by atoms with Crippen LogP contribution in [0, 0.1) is 11.8 Å². The number of hydrogen-bond donors (Lipinski definition) is 0. The van der Waals surface area contributed by atoms with Crippen molar-refractivity contribution in [1.29, 1.82) is 0 Å². The summed E-state index contributed by atoms with van der Waals surface area (Å²) < 4.78 is 79.3. The SMILES string of the molecule is CC1C(F)=C(F)C(F)=[C]1[Hf][C]1=C(F)C(F)=C(F)C1C. The summed E-state index contributed by atoms with van der Waals surface area (Å²) in [4.78, 5) is 0. The Morgan fingerprint density at radius 1 is 0.632 bits per heavy atom. The van der Waals surface area contributed by atoms with Gasteiger partial charge in [0.05, 0.1) is 0 Å². The summed E-state index contributed by atoms with van der Waals surface area (Å²) >= 11 is -2.57. The van der Waals surface area contributed by atoms with Gasteiger partial charge in [-0.1, -0.05) is 0 Å². The average Bonchev–Trinajstić information content (AvgIpc) is 2.68. The van der Waals surface area contributed by atoms with Gasteiger partial charge in [0.2, 0.25) is 0 Å². The Bertz CT molecular complexity index is 519. The zero-order valence-electron chi connectivity index (χ0n) is 9.92. The van der Waals surface area contributed by atoms with E-state index in [9.17, 15) is 26.3 Å². The van der Waals surface area contributed by atoms with Gasteiger partial charge in [-0.3, -0.25) is 0 Å². The molecule has 0 heterocycles. The van der Waals surface area contributed by atoms with Gasteiger partial charge >= 0.3 is 117 Å². The van der Waals surface area contributed by atoms with Crippen molar-refractivity contribution in [2.24, 2.45) is 11.8 Å². The van der Waals surface area contributed by atoms with Crippen LogP contribution in [0.1, 0.15) is 13.8 Å². The number of rotatable bonds is 2. The monoisotopic (exact) mass is 446 g/mol. The van der Waals surface area contributed by atoms with Crippen molar-refractivity contribution >= 4 is 0 Å². The van der Waals surface area contributed by atoms with Crippen LogP contribution in [0.4, 0.5) is 26.3 Å². The second kappa shape index (κ2) is 5.07. The Morgan fingerprint density at radius 2 is 0.947 bits per heavy atom. The molecule has 2 atom stereocenters. The second-order valence-electron chi connectivity index (χ2n) is 4.35. The molecule has 102 valence electrons. The molecule has 2 unspecified atom stereocenters.